The van der Waals surface area contributed by atoms with Crippen LogP contribution in [0.15, 0.2) is 24.3 Å². The molecule has 1 saturated heterocycles. The third-order valence-corrected chi connectivity index (χ3v) is 3.23. The molecule has 5 nitrogen and oxygen atoms in total. The van der Waals surface area contributed by atoms with Gasteiger partial charge in [-0.3, -0.25) is 4.79 Å². The van der Waals surface area contributed by atoms with Crippen molar-refractivity contribution >= 4 is 12.0 Å². The lowest BCUT2D eigenvalue weighted by Gasteiger charge is -2.15. The van der Waals surface area contributed by atoms with Crippen molar-refractivity contribution in [2.24, 2.45) is 0 Å². The fourth-order valence-corrected chi connectivity index (χ4v) is 2.04. The molecule has 0 bridgehead atoms. The molecule has 0 radical (unpaired) electrons. The van der Waals surface area contributed by atoms with Gasteiger partial charge in [-0.15, -0.1) is 0 Å². The molecule has 2 amide bonds. The molecule has 1 unspecified atom stereocenters. The van der Waals surface area contributed by atoms with Gasteiger partial charge < -0.3 is 9.47 Å². The highest BCUT2D eigenvalue weighted by atomic mass is 16.6. The molecule has 1 heterocycles. The fourth-order valence-electron chi connectivity index (χ4n) is 2.04. The lowest BCUT2D eigenvalue weighted by molar-refractivity contribution is -0.128. The van der Waals surface area contributed by atoms with Crippen LogP contribution in [-0.4, -0.2) is 37.2 Å². The number of methoxy groups -OCH3 is 1. The zero-order valence-electron chi connectivity index (χ0n) is 11.1. The Labute approximate surface area is 112 Å². The summed E-state index contributed by atoms with van der Waals surface area (Å²) in [6.07, 6.45) is -0.242. The molecular weight excluding hydrogens is 246 g/mol. The van der Waals surface area contributed by atoms with E-state index in [0.717, 1.165) is 11.3 Å². The number of hydrogen-bond donors (Lipinski definition) is 0. The van der Waals surface area contributed by atoms with Gasteiger partial charge in [-0.25, -0.2) is 9.69 Å². The van der Waals surface area contributed by atoms with Crippen molar-refractivity contribution in [1.29, 1.82) is 0 Å². The molecule has 1 aliphatic heterocycles. The van der Waals surface area contributed by atoms with Crippen molar-refractivity contribution < 1.29 is 19.1 Å². The van der Waals surface area contributed by atoms with E-state index >= 15 is 0 Å². The summed E-state index contributed by atoms with van der Waals surface area (Å²) in [6.45, 7) is 2.61. The summed E-state index contributed by atoms with van der Waals surface area (Å²) in [5.74, 6) is 0.642. The quantitative estimate of drug-likeness (QED) is 0.835. The lowest BCUT2D eigenvalue weighted by Crippen LogP contribution is -2.32. The Hall–Kier alpha value is -2.04. The van der Waals surface area contributed by atoms with E-state index in [1.807, 2.05) is 31.2 Å². The number of rotatable bonds is 4. The zero-order chi connectivity index (χ0) is 13.8. The number of carbonyl (C=O) groups is 2. The van der Waals surface area contributed by atoms with E-state index in [0.29, 0.717) is 19.6 Å². The van der Waals surface area contributed by atoms with Crippen molar-refractivity contribution in [3.63, 3.8) is 0 Å². The maximum atomic E-state index is 12.0. The lowest BCUT2D eigenvalue weighted by atomic mass is 9.97. The summed E-state index contributed by atoms with van der Waals surface area (Å²) in [7, 11) is 1.61. The largest absolute Gasteiger partial charge is 0.497 e. The molecule has 1 aromatic rings. The Balaban J connectivity index is 1.97. The number of benzene rings is 1. The minimum Gasteiger partial charge on any atom is -0.497 e. The normalized spacial score (nSPS) is 16.1. The van der Waals surface area contributed by atoms with E-state index in [2.05, 4.69) is 0 Å². The first-order chi connectivity index (χ1) is 9.11. The summed E-state index contributed by atoms with van der Waals surface area (Å²) in [5.41, 5.74) is 1.04. The zero-order valence-corrected chi connectivity index (χ0v) is 11.1. The minimum atomic E-state index is -0.535. The van der Waals surface area contributed by atoms with Crippen LogP contribution in [0.3, 0.4) is 0 Å². The van der Waals surface area contributed by atoms with Crippen LogP contribution in [0.1, 0.15) is 24.8 Å². The Morgan fingerprint density at radius 2 is 2.11 bits per heavy atom. The van der Waals surface area contributed by atoms with Crippen molar-refractivity contribution in [1.82, 2.24) is 4.90 Å². The van der Waals surface area contributed by atoms with Crippen LogP contribution in [0.5, 0.6) is 5.75 Å². The van der Waals surface area contributed by atoms with Gasteiger partial charge in [0.1, 0.15) is 12.4 Å². The monoisotopic (exact) mass is 263 g/mol. The van der Waals surface area contributed by atoms with Gasteiger partial charge >= 0.3 is 6.09 Å². The van der Waals surface area contributed by atoms with Crippen LogP contribution in [-0.2, 0) is 9.53 Å². The minimum absolute atomic E-state index is 0.0480. The molecule has 1 atom stereocenters. The number of nitrogens with zero attached hydrogens (tertiary/aromatic N) is 1. The molecule has 0 aromatic heterocycles. The van der Waals surface area contributed by atoms with Gasteiger partial charge in [0.05, 0.1) is 13.7 Å². The van der Waals surface area contributed by atoms with Gasteiger partial charge in [-0.05, 0) is 23.6 Å². The molecule has 5 heteroatoms. The average Bonchev–Trinajstić information content (AvgIpc) is 2.85. The summed E-state index contributed by atoms with van der Waals surface area (Å²) in [4.78, 5) is 24.4. The van der Waals surface area contributed by atoms with Crippen LogP contribution >= 0.6 is 0 Å². The Morgan fingerprint density at radius 1 is 1.42 bits per heavy atom. The maximum absolute atomic E-state index is 12.0. The van der Waals surface area contributed by atoms with E-state index in [1.54, 1.807) is 7.11 Å². The highest BCUT2D eigenvalue weighted by molar-refractivity contribution is 5.93. The second kappa shape index (κ2) is 5.73. The van der Waals surface area contributed by atoms with E-state index in [1.165, 1.54) is 4.90 Å². The van der Waals surface area contributed by atoms with E-state index in [9.17, 15) is 9.59 Å². The predicted molar refractivity (Wildman–Crippen MR) is 69.1 cm³/mol. The molecule has 1 aromatic carbocycles. The number of amides is 2. The first-order valence-corrected chi connectivity index (χ1v) is 6.23. The molecule has 1 fully saturated rings. The predicted octanol–water partition coefficient (Wildman–Crippen LogP) is 2.17. The number of ether oxygens (including phenoxy) is 2. The van der Waals surface area contributed by atoms with Crippen LogP contribution < -0.4 is 4.74 Å². The fraction of sp³-hybridized carbons (Fsp3) is 0.429. The first-order valence-electron chi connectivity index (χ1n) is 6.23. The third-order valence-electron chi connectivity index (χ3n) is 3.23. The number of hydrogen-bond acceptors (Lipinski definition) is 4. The number of imide groups is 1. The third kappa shape index (κ3) is 3.05. The molecule has 0 saturated carbocycles. The molecule has 1 aliphatic rings. The van der Waals surface area contributed by atoms with Gasteiger partial charge in [0.25, 0.3) is 0 Å². The van der Waals surface area contributed by atoms with Gasteiger partial charge in [0.15, 0.2) is 0 Å². The molecule has 102 valence electrons. The number of carbonyl (C=O) groups excluding carboxylic acids is 2. The van der Waals surface area contributed by atoms with E-state index in [-0.39, 0.29) is 11.8 Å². The van der Waals surface area contributed by atoms with Crippen molar-refractivity contribution in [3.8, 4) is 5.75 Å². The second-order valence-electron chi connectivity index (χ2n) is 4.54. The molecule has 0 aliphatic carbocycles. The van der Waals surface area contributed by atoms with Crippen molar-refractivity contribution in [2.45, 2.75) is 19.3 Å². The van der Waals surface area contributed by atoms with Crippen LogP contribution in [0.4, 0.5) is 4.79 Å². The van der Waals surface area contributed by atoms with Gasteiger partial charge in [-0.1, -0.05) is 19.1 Å². The van der Waals surface area contributed by atoms with Crippen molar-refractivity contribution in [2.75, 3.05) is 20.3 Å². The van der Waals surface area contributed by atoms with Gasteiger partial charge in [-0.2, -0.15) is 0 Å². The molecule has 2 rings (SSSR count). The topological polar surface area (TPSA) is 55.8 Å². The SMILES string of the molecule is COc1ccc(C(C)CC(=O)N2CCOC2=O)cc1. The van der Waals surface area contributed by atoms with Gasteiger partial charge in [0.2, 0.25) is 5.91 Å². The Morgan fingerprint density at radius 3 is 2.63 bits per heavy atom. The summed E-state index contributed by atoms with van der Waals surface area (Å²) >= 11 is 0. The highest BCUT2D eigenvalue weighted by Crippen LogP contribution is 2.23. The van der Waals surface area contributed by atoms with Gasteiger partial charge in [0, 0.05) is 6.42 Å². The molecule has 19 heavy (non-hydrogen) atoms. The maximum Gasteiger partial charge on any atom is 0.416 e. The van der Waals surface area contributed by atoms with Crippen molar-refractivity contribution in [3.05, 3.63) is 29.8 Å². The van der Waals surface area contributed by atoms with E-state index < -0.39 is 6.09 Å². The highest BCUT2D eigenvalue weighted by Gasteiger charge is 2.29. The van der Waals surface area contributed by atoms with Crippen LogP contribution in [0, 0.1) is 0 Å². The summed E-state index contributed by atoms with van der Waals surface area (Å²) in [5, 5.41) is 0. The molecule has 0 N–H and O–H groups in total. The van der Waals surface area contributed by atoms with Crippen LogP contribution in [0.2, 0.25) is 0 Å². The number of cyclic esters (lactones) is 1. The summed E-state index contributed by atoms with van der Waals surface area (Å²) < 4.78 is 9.84. The average molecular weight is 263 g/mol. The molecule has 0 spiro atoms. The second-order valence-corrected chi connectivity index (χ2v) is 4.54. The smallest absolute Gasteiger partial charge is 0.416 e. The van der Waals surface area contributed by atoms with E-state index in [4.69, 9.17) is 9.47 Å². The Bertz CT molecular complexity index is 469. The molecular formula is C14H17NO4. The summed E-state index contributed by atoms with van der Waals surface area (Å²) in [6, 6.07) is 7.58. The Kier molecular flexibility index (Phi) is 4.04. The van der Waals surface area contributed by atoms with Crippen LogP contribution in [0.25, 0.3) is 0 Å². The first kappa shape index (κ1) is 13.4. The standard InChI is InChI=1S/C14H17NO4/c1-10(11-3-5-12(18-2)6-4-11)9-13(16)15-7-8-19-14(15)17/h3-6,10H,7-9H2,1-2H3.